The van der Waals surface area contributed by atoms with Crippen molar-refractivity contribution >= 4 is 17.6 Å². The van der Waals surface area contributed by atoms with Gasteiger partial charge < -0.3 is 19.5 Å². The van der Waals surface area contributed by atoms with E-state index < -0.39 is 18.0 Å². The maximum Gasteiger partial charge on any atom is 0.351 e. The molecular formula is C19H19NO5. The molecule has 1 N–H and O–H groups in total. The fourth-order valence-corrected chi connectivity index (χ4v) is 2.43. The van der Waals surface area contributed by atoms with Gasteiger partial charge in [0.25, 0.3) is 5.91 Å². The lowest BCUT2D eigenvalue weighted by atomic mass is 10.1. The van der Waals surface area contributed by atoms with Crippen LogP contribution in [0.5, 0.6) is 11.5 Å². The molecule has 130 valence electrons. The van der Waals surface area contributed by atoms with E-state index in [9.17, 15) is 9.59 Å². The number of ether oxygens (including phenoxy) is 3. The van der Waals surface area contributed by atoms with Gasteiger partial charge in [0.15, 0.2) is 18.1 Å². The molecule has 25 heavy (non-hydrogen) atoms. The lowest BCUT2D eigenvalue weighted by Crippen LogP contribution is -2.39. The Morgan fingerprint density at radius 2 is 1.96 bits per heavy atom. The molecule has 3 rings (SSSR count). The number of anilines is 1. The predicted octanol–water partition coefficient (Wildman–Crippen LogP) is 2.57. The van der Waals surface area contributed by atoms with Crippen molar-refractivity contribution in [1.29, 1.82) is 0 Å². The van der Waals surface area contributed by atoms with E-state index in [1.54, 1.807) is 24.3 Å². The van der Waals surface area contributed by atoms with Gasteiger partial charge in [-0.15, -0.1) is 0 Å². The molecule has 1 aliphatic heterocycles. The molecule has 0 spiro atoms. The highest BCUT2D eigenvalue weighted by Gasteiger charge is 2.29. The average Bonchev–Trinajstić information content (AvgIpc) is 2.65. The summed E-state index contributed by atoms with van der Waals surface area (Å²) in [5, 5.41) is 2.70. The number of carbonyl (C=O) groups is 2. The third-order valence-corrected chi connectivity index (χ3v) is 3.74. The van der Waals surface area contributed by atoms with Crippen molar-refractivity contribution in [3.63, 3.8) is 0 Å². The molecule has 1 atom stereocenters. The molecule has 1 amide bonds. The zero-order valence-electron chi connectivity index (χ0n) is 13.9. The van der Waals surface area contributed by atoms with Gasteiger partial charge in [0.2, 0.25) is 6.10 Å². The molecule has 0 saturated carbocycles. The topological polar surface area (TPSA) is 73.9 Å². The van der Waals surface area contributed by atoms with Gasteiger partial charge in [-0.25, -0.2) is 4.79 Å². The van der Waals surface area contributed by atoms with Crippen LogP contribution in [0.25, 0.3) is 0 Å². The molecule has 2 aromatic rings. The minimum absolute atomic E-state index is 0.0516. The summed E-state index contributed by atoms with van der Waals surface area (Å²) in [4.78, 5) is 24.0. The Bertz CT molecular complexity index is 774. The number of hydrogen-bond acceptors (Lipinski definition) is 5. The van der Waals surface area contributed by atoms with E-state index in [1.165, 1.54) is 0 Å². The highest BCUT2D eigenvalue weighted by atomic mass is 16.6. The van der Waals surface area contributed by atoms with Crippen molar-refractivity contribution in [3.8, 4) is 11.5 Å². The van der Waals surface area contributed by atoms with E-state index in [4.69, 9.17) is 14.2 Å². The smallest absolute Gasteiger partial charge is 0.351 e. The molecule has 0 aromatic heterocycles. The van der Waals surface area contributed by atoms with Crippen molar-refractivity contribution < 1.29 is 23.8 Å². The second kappa shape index (κ2) is 7.70. The van der Waals surface area contributed by atoms with Gasteiger partial charge in [0, 0.05) is 5.69 Å². The molecule has 1 heterocycles. The van der Waals surface area contributed by atoms with E-state index in [-0.39, 0.29) is 13.2 Å². The van der Waals surface area contributed by atoms with Crippen LogP contribution in [0.3, 0.4) is 0 Å². The first kappa shape index (κ1) is 16.8. The molecule has 0 bridgehead atoms. The number of para-hydroxylation sites is 2. The lowest BCUT2D eigenvalue weighted by molar-refractivity contribution is -0.156. The summed E-state index contributed by atoms with van der Waals surface area (Å²) in [5.74, 6) is 0.0299. The summed E-state index contributed by atoms with van der Waals surface area (Å²) in [7, 11) is 0. The monoisotopic (exact) mass is 341 g/mol. The van der Waals surface area contributed by atoms with Gasteiger partial charge in [-0.05, 0) is 36.2 Å². The van der Waals surface area contributed by atoms with Crippen molar-refractivity contribution in [2.45, 2.75) is 19.4 Å². The number of nitrogens with one attached hydrogen (secondary N) is 1. The average molecular weight is 341 g/mol. The third kappa shape index (κ3) is 4.29. The Hall–Kier alpha value is -3.02. The van der Waals surface area contributed by atoms with Crippen molar-refractivity contribution in [2.75, 3.05) is 18.5 Å². The molecular weight excluding hydrogens is 322 g/mol. The van der Waals surface area contributed by atoms with Gasteiger partial charge in [-0.2, -0.15) is 0 Å². The third-order valence-electron chi connectivity index (χ3n) is 3.74. The van der Waals surface area contributed by atoms with Crippen LogP contribution in [0, 0.1) is 0 Å². The summed E-state index contributed by atoms with van der Waals surface area (Å²) in [6, 6.07) is 14.6. The molecule has 6 heteroatoms. The van der Waals surface area contributed by atoms with Gasteiger partial charge in [0.05, 0.1) is 0 Å². The van der Waals surface area contributed by atoms with Crippen molar-refractivity contribution in [2.24, 2.45) is 0 Å². The maximum absolute atomic E-state index is 12.1. The highest BCUT2D eigenvalue weighted by Crippen LogP contribution is 2.31. The highest BCUT2D eigenvalue weighted by molar-refractivity contribution is 5.93. The maximum atomic E-state index is 12.1. The zero-order valence-corrected chi connectivity index (χ0v) is 13.9. The summed E-state index contributed by atoms with van der Waals surface area (Å²) in [5.41, 5.74) is 1.78. The van der Waals surface area contributed by atoms with Crippen LogP contribution >= 0.6 is 0 Å². The fourth-order valence-electron chi connectivity index (χ4n) is 2.43. The first-order valence-corrected chi connectivity index (χ1v) is 8.09. The summed E-state index contributed by atoms with van der Waals surface area (Å²) in [6.07, 6.45) is -0.00903. The number of amides is 1. The number of rotatable bonds is 5. The second-order valence-electron chi connectivity index (χ2n) is 5.57. The Morgan fingerprint density at radius 3 is 2.76 bits per heavy atom. The first-order chi connectivity index (χ1) is 12.2. The minimum atomic E-state index is -0.883. The minimum Gasteiger partial charge on any atom is -0.485 e. The summed E-state index contributed by atoms with van der Waals surface area (Å²) < 4.78 is 16.0. The van der Waals surface area contributed by atoms with E-state index in [1.807, 2.05) is 31.2 Å². The summed E-state index contributed by atoms with van der Waals surface area (Å²) >= 11 is 0. The van der Waals surface area contributed by atoms with Gasteiger partial charge in [-0.1, -0.05) is 31.2 Å². The number of hydrogen-bond donors (Lipinski definition) is 1. The van der Waals surface area contributed by atoms with Crippen LogP contribution < -0.4 is 14.8 Å². The number of carbonyl (C=O) groups excluding carboxylic acids is 2. The van der Waals surface area contributed by atoms with Crippen LogP contribution in [0.15, 0.2) is 48.5 Å². The largest absolute Gasteiger partial charge is 0.485 e. The fraction of sp³-hybridized carbons (Fsp3) is 0.263. The van der Waals surface area contributed by atoms with Crippen molar-refractivity contribution in [1.82, 2.24) is 0 Å². The molecule has 0 aliphatic carbocycles. The molecule has 1 aliphatic rings. The van der Waals surface area contributed by atoms with E-state index in [0.29, 0.717) is 17.2 Å². The van der Waals surface area contributed by atoms with Crippen LogP contribution in [0.1, 0.15) is 12.5 Å². The number of fused-ring (bicyclic) bond motifs is 1. The van der Waals surface area contributed by atoms with Crippen molar-refractivity contribution in [3.05, 3.63) is 54.1 Å². The van der Waals surface area contributed by atoms with E-state index in [0.717, 1.165) is 12.0 Å². The van der Waals surface area contributed by atoms with E-state index in [2.05, 4.69) is 5.32 Å². The Balaban J connectivity index is 1.50. The molecule has 2 aromatic carbocycles. The number of benzene rings is 2. The SMILES string of the molecule is CCc1cccc(NC(=O)COC(=O)[C@@H]2COc3ccccc3O2)c1. The van der Waals surface area contributed by atoms with Crippen LogP contribution in [-0.4, -0.2) is 31.2 Å². The van der Waals surface area contributed by atoms with Gasteiger partial charge in [-0.3, -0.25) is 4.79 Å². The molecule has 0 saturated heterocycles. The van der Waals surface area contributed by atoms with Crippen LogP contribution in [-0.2, 0) is 20.7 Å². The molecule has 0 fully saturated rings. The lowest BCUT2D eigenvalue weighted by Gasteiger charge is -2.24. The summed E-state index contributed by atoms with van der Waals surface area (Å²) in [6.45, 7) is 1.71. The quantitative estimate of drug-likeness (QED) is 0.846. The standard InChI is InChI=1S/C19H19NO5/c1-2-13-6-5-7-14(10-13)20-18(21)12-24-19(22)17-11-23-15-8-3-4-9-16(15)25-17/h3-10,17H,2,11-12H2,1H3,(H,20,21)/t17-/m0/s1. The number of esters is 1. The predicted molar refractivity (Wildman–Crippen MR) is 91.8 cm³/mol. The zero-order chi connectivity index (χ0) is 17.6. The molecule has 0 unspecified atom stereocenters. The second-order valence-corrected chi connectivity index (χ2v) is 5.57. The normalized spacial score (nSPS) is 15.3. The number of aryl methyl sites for hydroxylation is 1. The van der Waals surface area contributed by atoms with E-state index >= 15 is 0 Å². The first-order valence-electron chi connectivity index (χ1n) is 8.09. The Morgan fingerprint density at radius 1 is 1.16 bits per heavy atom. The van der Waals surface area contributed by atoms with Gasteiger partial charge in [0.1, 0.15) is 6.61 Å². The van der Waals surface area contributed by atoms with Crippen LogP contribution in [0.2, 0.25) is 0 Å². The molecule has 6 nitrogen and oxygen atoms in total. The molecule has 0 radical (unpaired) electrons. The Kier molecular flexibility index (Phi) is 5.18. The van der Waals surface area contributed by atoms with Crippen LogP contribution in [0.4, 0.5) is 5.69 Å². The van der Waals surface area contributed by atoms with Gasteiger partial charge >= 0.3 is 5.97 Å². The Labute approximate surface area is 145 Å².